The lowest BCUT2D eigenvalue weighted by Gasteiger charge is -2.05. The van der Waals surface area contributed by atoms with Gasteiger partial charge in [-0.05, 0) is 23.6 Å². The van der Waals surface area contributed by atoms with Crippen LogP contribution in [0.2, 0.25) is 0 Å². The van der Waals surface area contributed by atoms with Crippen LogP contribution in [0, 0.1) is 11.6 Å². The first-order chi connectivity index (χ1) is 11.1. The fourth-order valence-corrected chi connectivity index (χ4v) is 2.53. The Morgan fingerprint density at radius 3 is 2.96 bits per heavy atom. The number of nitrogens with zero attached hydrogens (tertiary/aromatic N) is 2. The Labute approximate surface area is 134 Å². The van der Waals surface area contributed by atoms with Crippen LogP contribution in [0.5, 0.6) is 0 Å². The Morgan fingerprint density at radius 2 is 2.17 bits per heavy atom. The van der Waals surface area contributed by atoms with Gasteiger partial charge in [-0.3, -0.25) is 4.79 Å². The van der Waals surface area contributed by atoms with Gasteiger partial charge in [0.25, 0.3) is 0 Å². The summed E-state index contributed by atoms with van der Waals surface area (Å²) in [7, 11) is 0. The van der Waals surface area contributed by atoms with Crippen LogP contribution in [0.3, 0.4) is 0 Å². The molecule has 3 aromatic rings. The van der Waals surface area contributed by atoms with Crippen molar-refractivity contribution in [3.05, 3.63) is 52.6 Å². The molecule has 0 aliphatic rings. The summed E-state index contributed by atoms with van der Waals surface area (Å²) in [4.78, 5) is 16.0. The van der Waals surface area contributed by atoms with Crippen LogP contribution in [0.15, 0.2) is 39.5 Å². The molecule has 2 heterocycles. The van der Waals surface area contributed by atoms with Crippen molar-refractivity contribution in [2.45, 2.75) is 12.8 Å². The Kier molecular flexibility index (Phi) is 4.42. The number of hydrogen-bond acceptors (Lipinski definition) is 5. The van der Waals surface area contributed by atoms with Gasteiger partial charge in [-0.1, -0.05) is 11.2 Å². The molecular weight excluding hydrogens is 324 g/mol. The van der Waals surface area contributed by atoms with E-state index >= 15 is 0 Å². The number of anilines is 1. The number of hydrogen-bond donors (Lipinski definition) is 1. The van der Waals surface area contributed by atoms with Gasteiger partial charge < -0.3 is 9.84 Å². The molecule has 0 fully saturated rings. The number of carbonyl (C=O) groups excluding carboxylic acids is 1. The predicted molar refractivity (Wildman–Crippen MR) is 80.9 cm³/mol. The van der Waals surface area contributed by atoms with E-state index in [9.17, 15) is 13.6 Å². The zero-order valence-corrected chi connectivity index (χ0v) is 12.6. The second kappa shape index (κ2) is 6.66. The van der Waals surface area contributed by atoms with Crippen molar-refractivity contribution in [1.29, 1.82) is 0 Å². The van der Waals surface area contributed by atoms with E-state index in [-0.39, 0.29) is 18.5 Å². The molecule has 0 aliphatic carbocycles. The molecule has 2 aromatic heterocycles. The van der Waals surface area contributed by atoms with Gasteiger partial charge in [-0.15, -0.1) is 0 Å². The van der Waals surface area contributed by atoms with Gasteiger partial charge in [0.15, 0.2) is 11.6 Å². The lowest BCUT2D eigenvalue weighted by Crippen LogP contribution is -2.14. The lowest BCUT2D eigenvalue weighted by molar-refractivity contribution is -0.116. The van der Waals surface area contributed by atoms with Crippen molar-refractivity contribution in [3.8, 4) is 11.4 Å². The summed E-state index contributed by atoms with van der Waals surface area (Å²) in [6, 6.07) is 5.45. The molecule has 3 rings (SSSR count). The van der Waals surface area contributed by atoms with Gasteiger partial charge >= 0.3 is 0 Å². The van der Waals surface area contributed by atoms with Gasteiger partial charge in [0.1, 0.15) is 0 Å². The summed E-state index contributed by atoms with van der Waals surface area (Å²) in [6.45, 7) is 0. The third-order valence-electron chi connectivity index (χ3n) is 3.04. The van der Waals surface area contributed by atoms with Gasteiger partial charge in [-0.25, -0.2) is 8.78 Å². The minimum Gasteiger partial charge on any atom is -0.339 e. The number of carbonyl (C=O) groups is 1. The van der Waals surface area contributed by atoms with Crippen molar-refractivity contribution < 1.29 is 18.1 Å². The molecule has 5 nitrogen and oxygen atoms in total. The summed E-state index contributed by atoms with van der Waals surface area (Å²) in [5.41, 5.74) is 0.649. The first kappa shape index (κ1) is 15.3. The molecule has 0 radical (unpaired) electrons. The average Bonchev–Trinajstić information content (AvgIpc) is 3.20. The first-order valence-corrected chi connectivity index (χ1v) is 7.67. The minimum absolute atomic E-state index is 0.0151. The molecule has 0 saturated carbocycles. The lowest BCUT2D eigenvalue weighted by atomic mass is 10.2. The largest absolute Gasteiger partial charge is 0.339 e. The van der Waals surface area contributed by atoms with Crippen LogP contribution >= 0.6 is 11.3 Å². The summed E-state index contributed by atoms with van der Waals surface area (Å²) >= 11 is 1.51. The third-order valence-corrected chi connectivity index (χ3v) is 3.72. The van der Waals surface area contributed by atoms with Crippen molar-refractivity contribution in [2.75, 3.05) is 5.32 Å². The quantitative estimate of drug-likeness (QED) is 0.773. The Bertz CT molecular complexity index is 818. The van der Waals surface area contributed by atoms with Crippen LogP contribution < -0.4 is 5.32 Å². The van der Waals surface area contributed by atoms with Crippen LogP contribution in [-0.2, 0) is 11.2 Å². The standard InChI is InChI=1S/C15H11F2N3O2S/c16-10-2-1-3-11(14(10)17)18-12(21)4-5-13-19-15(20-22-13)9-6-7-23-8-9/h1-3,6-8H,4-5H2,(H,18,21). The van der Waals surface area contributed by atoms with E-state index in [2.05, 4.69) is 15.5 Å². The van der Waals surface area contributed by atoms with Gasteiger partial charge in [0, 0.05) is 23.8 Å². The number of aromatic nitrogens is 2. The maximum absolute atomic E-state index is 13.5. The fourth-order valence-electron chi connectivity index (χ4n) is 1.90. The number of benzene rings is 1. The first-order valence-electron chi connectivity index (χ1n) is 6.72. The summed E-state index contributed by atoms with van der Waals surface area (Å²) in [6.07, 6.45) is 0.223. The Morgan fingerprint density at radius 1 is 1.30 bits per heavy atom. The minimum atomic E-state index is -1.08. The molecule has 8 heteroatoms. The van der Waals surface area contributed by atoms with Crippen molar-refractivity contribution in [1.82, 2.24) is 10.1 Å². The van der Waals surface area contributed by atoms with E-state index in [4.69, 9.17) is 4.52 Å². The van der Waals surface area contributed by atoms with Crippen molar-refractivity contribution >= 4 is 22.9 Å². The van der Waals surface area contributed by atoms with Crippen LogP contribution in [0.4, 0.5) is 14.5 Å². The number of nitrogens with one attached hydrogen (secondary N) is 1. The SMILES string of the molecule is O=C(CCc1nc(-c2ccsc2)no1)Nc1cccc(F)c1F. The number of rotatable bonds is 5. The van der Waals surface area contributed by atoms with E-state index < -0.39 is 17.5 Å². The van der Waals surface area contributed by atoms with Crippen LogP contribution in [-0.4, -0.2) is 16.0 Å². The maximum Gasteiger partial charge on any atom is 0.227 e. The number of aryl methyl sites for hydroxylation is 1. The molecular formula is C15H11F2N3O2S. The molecule has 0 atom stereocenters. The molecule has 0 aliphatic heterocycles. The molecule has 118 valence electrons. The molecule has 1 aromatic carbocycles. The number of thiophene rings is 1. The van der Waals surface area contributed by atoms with Crippen molar-refractivity contribution in [3.63, 3.8) is 0 Å². The zero-order valence-electron chi connectivity index (χ0n) is 11.8. The normalized spacial score (nSPS) is 10.7. The van der Waals surface area contributed by atoms with Crippen LogP contribution in [0.1, 0.15) is 12.3 Å². The van der Waals surface area contributed by atoms with Crippen LogP contribution in [0.25, 0.3) is 11.4 Å². The summed E-state index contributed by atoms with van der Waals surface area (Å²) in [5, 5.41) is 9.92. The Hall–Kier alpha value is -2.61. The highest BCUT2D eigenvalue weighted by Gasteiger charge is 2.13. The molecule has 0 unspecified atom stereocenters. The summed E-state index contributed by atoms with van der Waals surface area (Å²) in [5.74, 6) is -1.80. The van der Waals surface area contributed by atoms with E-state index in [1.54, 1.807) is 0 Å². The topological polar surface area (TPSA) is 68.0 Å². The fraction of sp³-hybridized carbons (Fsp3) is 0.133. The molecule has 0 bridgehead atoms. The van der Waals surface area contributed by atoms with Gasteiger partial charge in [0.05, 0.1) is 5.69 Å². The predicted octanol–water partition coefficient (Wildman–Crippen LogP) is 3.65. The van der Waals surface area contributed by atoms with Gasteiger partial charge in [0.2, 0.25) is 17.6 Å². The molecule has 1 amide bonds. The smallest absolute Gasteiger partial charge is 0.227 e. The number of amides is 1. The second-order valence-corrected chi connectivity index (χ2v) is 5.45. The molecule has 0 saturated heterocycles. The highest BCUT2D eigenvalue weighted by Crippen LogP contribution is 2.19. The number of halogens is 2. The average molecular weight is 335 g/mol. The maximum atomic E-state index is 13.5. The van der Waals surface area contributed by atoms with E-state index in [1.807, 2.05) is 16.8 Å². The highest BCUT2D eigenvalue weighted by molar-refractivity contribution is 7.08. The van der Waals surface area contributed by atoms with E-state index in [0.717, 1.165) is 11.6 Å². The second-order valence-electron chi connectivity index (χ2n) is 4.67. The zero-order chi connectivity index (χ0) is 16.2. The molecule has 0 spiro atoms. The highest BCUT2D eigenvalue weighted by atomic mass is 32.1. The van der Waals surface area contributed by atoms with E-state index in [0.29, 0.717) is 11.7 Å². The van der Waals surface area contributed by atoms with Crippen molar-refractivity contribution in [2.24, 2.45) is 0 Å². The van der Waals surface area contributed by atoms with Gasteiger partial charge in [-0.2, -0.15) is 16.3 Å². The molecule has 23 heavy (non-hydrogen) atoms. The third kappa shape index (κ3) is 3.59. The summed E-state index contributed by atoms with van der Waals surface area (Å²) < 4.78 is 31.6. The monoisotopic (exact) mass is 335 g/mol. The Balaban J connectivity index is 1.58. The molecule has 1 N–H and O–H groups in total. The van der Waals surface area contributed by atoms with E-state index in [1.165, 1.54) is 23.5 Å².